The van der Waals surface area contributed by atoms with E-state index in [1.165, 1.54) is 12.3 Å². The highest BCUT2D eigenvalue weighted by Crippen LogP contribution is 2.33. The maximum Gasteiger partial charge on any atom is 0.418 e. The summed E-state index contributed by atoms with van der Waals surface area (Å²) in [5.74, 6) is 0. The van der Waals surface area contributed by atoms with Crippen LogP contribution >= 0.6 is 32.9 Å². The van der Waals surface area contributed by atoms with E-state index in [-0.39, 0.29) is 21.5 Å². The quantitative estimate of drug-likeness (QED) is 0.715. The zero-order chi connectivity index (χ0) is 8.48. The first-order chi connectivity index (χ1) is 5.02. The fraction of sp³-hybridized carbons (Fsp3) is 0.167. The maximum atomic E-state index is 12.0. The first kappa shape index (κ1) is 11.9. The van der Waals surface area contributed by atoms with Gasteiger partial charge in [-0.3, -0.25) is 4.98 Å². The molecule has 68 valence electrons. The van der Waals surface area contributed by atoms with Gasteiger partial charge < -0.3 is 0 Å². The van der Waals surface area contributed by atoms with Crippen LogP contribution in [0.3, 0.4) is 0 Å². The molecule has 1 nitrogen and oxygen atoms in total. The third-order valence-electron chi connectivity index (χ3n) is 1.07. The summed E-state index contributed by atoms with van der Waals surface area (Å²) in [6.07, 6.45) is -2.25. The van der Waals surface area contributed by atoms with Crippen molar-refractivity contribution in [2.45, 2.75) is 6.18 Å². The van der Waals surface area contributed by atoms with Gasteiger partial charge in [0.2, 0.25) is 0 Å². The van der Waals surface area contributed by atoms with Crippen molar-refractivity contribution in [3.63, 3.8) is 0 Å². The molecule has 0 saturated carbocycles. The second-order valence-electron chi connectivity index (χ2n) is 1.85. The van der Waals surface area contributed by atoms with Crippen molar-refractivity contribution in [2.75, 3.05) is 0 Å². The highest BCUT2D eigenvalue weighted by molar-refractivity contribution is 9.10. The van der Waals surface area contributed by atoms with Gasteiger partial charge in [-0.15, -0.1) is 17.0 Å². The molecule has 0 bridgehead atoms. The second-order valence-corrected chi connectivity index (χ2v) is 2.71. The van der Waals surface area contributed by atoms with Crippen molar-refractivity contribution in [1.29, 1.82) is 0 Å². The largest absolute Gasteiger partial charge is 0.418 e. The molecule has 0 saturated heterocycles. The Morgan fingerprint density at radius 2 is 1.92 bits per heavy atom. The summed E-state index contributed by atoms with van der Waals surface area (Å²) in [6.45, 7) is 0. The Bertz CT molecular complexity index is 261. The van der Waals surface area contributed by atoms with Crippen LogP contribution in [0.1, 0.15) is 5.56 Å². The molecule has 12 heavy (non-hydrogen) atoms. The zero-order valence-corrected chi connectivity index (χ0v) is 8.90. The minimum Gasteiger partial charge on any atom is -0.264 e. The van der Waals surface area contributed by atoms with Crippen molar-refractivity contribution in [1.82, 2.24) is 4.98 Å². The van der Waals surface area contributed by atoms with Crippen molar-refractivity contribution in [3.8, 4) is 0 Å². The topological polar surface area (TPSA) is 12.9 Å². The maximum absolute atomic E-state index is 12.0. The summed E-state index contributed by atoms with van der Waals surface area (Å²) >= 11 is 2.77. The van der Waals surface area contributed by atoms with Gasteiger partial charge in [0.1, 0.15) is 0 Å². The van der Waals surface area contributed by atoms with E-state index in [2.05, 4.69) is 20.9 Å². The van der Waals surface area contributed by atoms with E-state index in [1.807, 2.05) is 0 Å². The van der Waals surface area contributed by atoms with E-state index < -0.39 is 11.7 Å². The molecule has 6 heteroatoms. The number of hydrogen-bond acceptors (Lipinski definition) is 1. The molecule has 0 fully saturated rings. The van der Waals surface area contributed by atoms with Crippen molar-refractivity contribution in [2.24, 2.45) is 0 Å². The average molecular weight is 307 g/mol. The molecule has 0 atom stereocenters. The molecule has 0 aliphatic carbocycles. The molecule has 0 aliphatic heterocycles. The Morgan fingerprint density at radius 3 is 2.25 bits per heavy atom. The normalized spacial score (nSPS) is 10.7. The summed E-state index contributed by atoms with van der Waals surface area (Å²) in [6, 6.07) is 1.25. The van der Waals surface area contributed by atoms with Gasteiger partial charge in [-0.2, -0.15) is 13.2 Å². The number of nitrogens with zero attached hydrogens (tertiary/aromatic N) is 1. The highest BCUT2D eigenvalue weighted by atomic mass is 79.9. The number of rotatable bonds is 0. The lowest BCUT2D eigenvalue weighted by Gasteiger charge is -2.06. The molecule has 0 amide bonds. The Kier molecular flexibility index (Phi) is 4.19. The summed E-state index contributed by atoms with van der Waals surface area (Å²) < 4.78 is 36.0. The lowest BCUT2D eigenvalue weighted by atomic mass is 10.3. The van der Waals surface area contributed by atoms with E-state index in [9.17, 15) is 13.2 Å². The van der Waals surface area contributed by atoms with Crippen molar-refractivity contribution in [3.05, 3.63) is 28.5 Å². The molecule has 0 aromatic carbocycles. The third kappa shape index (κ3) is 2.75. The summed E-state index contributed by atoms with van der Waals surface area (Å²) in [5.41, 5.74) is -0.750. The van der Waals surface area contributed by atoms with E-state index in [4.69, 9.17) is 0 Å². The number of hydrogen-bond donors (Lipinski definition) is 0. The summed E-state index contributed by atoms with van der Waals surface area (Å²) in [4.78, 5) is 3.36. The number of pyridine rings is 1. The molecule has 0 radical (unpaired) electrons. The minimum absolute atomic E-state index is 0. The number of alkyl halides is 3. The first-order valence-corrected chi connectivity index (χ1v) is 3.48. The molecule has 1 aromatic rings. The molecule has 0 unspecified atom stereocenters. The first-order valence-electron chi connectivity index (χ1n) is 2.68. The van der Waals surface area contributed by atoms with E-state index in [0.29, 0.717) is 0 Å². The van der Waals surface area contributed by atoms with Crippen LogP contribution in [0.2, 0.25) is 0 Å². The molecular weight excluding hydrogens is 303 g/mol. The molecule has 1 aromatic heterocycles. The van der Waals surface area contributed by atoms with E-state index in [1.54, 1.807) is 0 Å². The summed E-state index contributed by atoms with van der Waals surface area (Å²) in [7, 11) is 0. The van der Waals surface area contributed by atoms with Crippen molar-refractivity contribution >= 4 is 32.9 Å². The van der Waals surface area contributed by atoms with Crippen LogP contribution in [0.4, 0.5) is 13.2 Å². The van der Waals surface area contributed by atoms with Crippen LogP contribution in [0.5, 0.6) is 0 Å². The SMILES string of the molecule is Br.FC(F)(F)c1cnccc1Br. The average Bonchev–Trinajstić information content (AvgIpc) is 1.86. The van der Waals surface area contributed by atoms with Gasteiger partial charge in [0.05, 0.1) is 5.56 Å². The fourth-order valence-corrected chi connectivity index (χ4v) is 1.03. The van der Waals surface area contributed by atoms with E-state index in [0.717, 1.165) is 6.20 Å². The van der Waals surface area contributed by atoms with Gasteiger partial charge in [-0.05, 0) is 6.07 Å². The standard InChI is InChI=1S/C6H3BrF3N.BrH/c7-5-1-2-11-3-4(5)6(8,9)10;/h1-3H;1H. The Labute approximate surface area is 85.9 Å². The van der Waals surface area contributed by atoms with Crippen LogP contribution < -0.4 is 0 Å². The fourth-order valence-electron chi connectivity index (χ4n) is 0.586. The van der Waals surface area contributed by atoms with Crippen LogP contribution in [0, 0.1) is 0 Å². The van der Waals surface area contributed by atoms with Gasteiger partial charge in [-0.1, -0.05) is 15.9 Å². The Hall–Kier alpha value is -0.100. The van der Waals surface area contributed by atoms with Crippen LogP contribution in [-0.2, 0) is 6.18 Å². The smallest absolute Gasteiger partial charge is 0.264 e. The van der Waals surface area contributed by atoms with Crippen molar-refractivity contribution < 1.29 is 13.2 Å². The van der Waals surface area contributed by atoms with Gasteiger partial charge in [0, 0.05) is 16.9 Å². The molecule has 0 spiro atoms. The van der Waals surface area contributed by atoms with Crippen LogP contribution in [0.25, 0.3) is 0 Å². The van der Waals surface area contributed by atoms with E-state index >= 15 is 0 Å². The molecular formula is C6H4Br2F3N. The number of aromatic nitrogens is 1. The van der Waals surface area contributed by atoms with Gasteiger partial charge in [-0.25, -0.2) is 0 Å². The lowest BCUT2D eigenvalue weighted by molar-refractivity contribution is -0.138. The predicted octanol–water partition coefficient (Wildman–Crippen LogP) is 3.44. The zero-order valence-electron chi connectivity index (χ0n) is 5.60. The van der Waals surface area contributed by atoms with Gasteiger partial charge >= 0.3 is 6.18 Å². The molecule has 0 aliphatic rings. The molecule has 1 heterocycles. The Balaban J connectivity index is 0.00000121. The van der Waals surface area contributed by atoms with Gasteiger partial charge in [0.25, 0.3) is 0 Å². The lowest BCUT2D eigenvalue weighted by Crippen LogP contribution is -2.05. The number of halogens is 5. The third-order valence-corrected chi connectivity index (χ3v) is 1.76. The van der Waals surface area contributed by atoms with Gasteiger partial charge in [0.15, 0.2) is 0 Å². The molecule has 1 rings (SSSR count). The Morgan fingerprint density at radius 1 is 1.33 bits per heavy atom. The molecule has 0 N–H and O–H groups in total. The van der Waals surface area contributed by atoms with Crippen LogP contribution in [-0.4, -0.2) is 4.98 Å². The second kappa shape index (κ2) is 4.23. The monoisotopic (exact) mass is 305 g/mol. The minimum atomic E-state index is -4.33. The predicted molar refractivity (Wildman–Crippen MR) is 47.3 cm³/mol. The highest BCUT2D eigenvalue weighted by Gasteiger charge is 2.32. The van der Waals surface area contributed by atoms with Crippen LogP contribution in [0.15, 0.2) is 22.9 Å². The summed E-state index contributed by atoms with van der Waals surface area (Å²) in [5, 5.41) is 0.